The second-order valence-corrected chi connectivity index (χ2v) is 5.22. The first-order chi connectivity index (χ1) is 9.20. The fourth-order valence-corrected chi connectivity index (χ4v) is 2.70. The van der Waals surface area contributed by atoms with Crippen LogP contribution in [0.25, 0.3) is 0 Å². The van der Waals surface area contributed by atoms with Gasteiger partial charge in [0.05, 0.1) is 12.7 Å². The summed E-state index contributed by atoms with van der Waals surface area (Å²) in [6, 6.07) is 6.22. The van der Waals surface area contributed by atoms with E-state index >= 15 is 0 Å². The summed E-state index contributed by atoms with van der Waals surface area (Å²) in [7, 11) is 0. The Morgan fingerprint density at radius 1 is 1.26 bits per heavy atom. The van der Waals surface area contributed by atoms with Gasteiger partial charge in [0.1, 0.15) is 5.82 Å². The van der Waals surface area contributed by atoms with E-state index in [1.165, 1.54) is 18.6 Å². The molecule has 2 unspecified atom stereocenters. The summed E-state index contributed by atoms with van der Waals surface area (Å²) in [6.45, 7) is 1.94. The number of rotatable bonds is 5. The number of halogens is 1. The van der Waals surface area contributed by atoms with Gasteiger partial charge in [-0.3, -0.25) is 4.90 Å². The van der Waals surface area contributed by atoms with Crippen molar-refractivity contribution in [2.45, 2.75) is 37.8 Å². The first kappa shape index (κ1) is 14.4. The van der Waals surface area contributed by atoms with Crippen molar-refractivity contribution in [3.8, 4) is 0 Å². The highest BCUT2D eigenvalue weighted by molar-refractivity contribution is 5.18. The van der Waals surface area contributed by atoms with Gasteiger partial charge in [-0.1, -0.05) is 18.6 Å². The quantitative estimate of drug-likeness (QED) is 0.858. The van der Waals surface area contributed by atoms with Crippen molar-refractivity contribution in [3.63, 3.8) is 0 Å². The fraction of sp³-hybridized carbons (Fsp3) is 0.600. The molecule has 1 saturated heterocycles. The van der Waals surface area contributed by atoms with Crippen molar-refractivity contribution < 1.29 is 14.6 Å². The lowest BCUT2D eigenvalue weighted by Crippen LogP contribution is -2.42. The zero-order chi connectivity index (χ0) is 13.7. The van der Waals surface area contributed by atoms with Crippen LogP contribution in [0.15, 0.2) is 24.3 Å². The van der Waals surface area contributed by atoms with E-state index in [2.05, 4.69) is 4.90 Å². The van der Waals surface area contributed by atoms with Gasteiger partial charge in [0.2, 0.25) is 0 Å². The molecule has 0 spiro atoms. The third-order valence-corrected chi connectivity index (χ3v) is 3.90. The Bertz CT molecular complexity index is 382. The van der Waals surface area contributed by atoms with E-state index in [4.69, 9.17) is 0 Å². The molecule has 2 rings (SSSR count). The largest absolute Gasteiger partial charge is 0.395 e. The van der Waals surface area contributed by atoms with Gasteiger partial charge < -0.3 is 10.2 Å². The zero-order valence-corrected chi connectivity index (χ0v) is 11.1. The molecule has 1 aromatic rings. The Hall–Kier alpha value is -0.970. The molecule has 0 aliphatic carbocycles. The van der Waals surface area contributed by atoms with Crippen LogP contribution in [0, 0.1) is 5.82 Å². The van der Waals surface area contributed by atoms with E-state index in [9.17, 15) is 14.6 Å². The Labute approximate surface area is 113 Å². The molecule has 0 amide bonds. The standard InChI is InChI=1S/C15H22FNO2/c16-13-6-4-12(5-7-13)15(19)8-10-17-9-2-1-3-14(17)11-18/h4-7,14-15,18-19H,1-3,8-11H2. The Balaban J connectivity index is 1.85. The van der Waals surface area contributed by atoms with Crippen LogP contribution in [-0.4, -0.2) is 40.9 Å². The van der Waals surface area contributed by atoms with Crippen LogP contribution in [0.3, 0.4) is 0 Å². The van der Waals surface area contributed by atoms with Gasteiger partial charge in [-0.15, -0.1) is 0 Å². The van der Waals surface area contributed by atoms with Crippen molar-refractivity contribution in [3.05, 3.63) is 35.6 Å². The van der Waals surface area contributed by atoms with Crippen LogP contribution in [0.2, 0.25) is 0 Å². The van der Waals surface area contributed by atoms with Crippen molar-refractivity contribution in [2.24, 2.45) is 0 Å². The van der Waals surface area contributed by atoms with Crippen molar-refractivity contribution in [2.75, 3.05) is 19.7 Å². The number of nitrogens with zero attached hydrogens (tertiary/aromatic N) is 1. The predicted octanol–water partition coefficient (Wildman–Crippen LogP) is 2.10. The minimum Gasteiger partial charge on any atom is -0.395 e. The molecule has 19 heavy (non-hydrogen) atoms. The monoisotopic (exact) mass is 267 g/mol. The van der Waals surface area contributed by atoms with Crippen molar-refractivity contribution in [1.82, 2.24) is 4.90 Å². The summed E-state index contributed by atoms with van der Waals surface area (Å²) in [4.78, 5) is 2.25. The fourth-order valence-electron chi connectivity index (χ4n) is 2.70. The second kappa shape index (κ2) is 6.98. The molecule has 2 N–H and O–H groups in total. The van der Waals surface area contributed by atoms with Gasteiger partial charge in [-0.2, -0.15) is 0 Å². The summed E-state index contributed by atoms with van der Waals surface area (Å²) in [6.07, 6.45) is 3.40. The summed E-state index contributed by atoms with van der Waals surface area (Å²) in [5.41, 5.74) is 0.749. The number of hydrogen-bond donors (Lipinski definition) is 2. The maximum atomic E-state index is 12.8. The van der Waals surface area contributed by atoms with Crippen LogP contribution in [-0.2, 0) is 0 Å². The average molecular weight is 267 g/mol. The van der Waals surface area contributed by atoms with Crippen LogP contribution in [0.5, 0.6) is 0 Å². The lowest BCUT2D eigenvalue weighted by Gasteiger charge is -2.35. The van der Waals surface area contributed by atoms with Crippen molar-refractivity contribution >= 4 is 0 Å². The van der Waals surface area contributed by atoms with Crippen LogP contribution < -0.4 is 0 Å². The summed E-state index contributed by atoms with van der Waals surface area (Å²) in [5.74, 6) is -0.285. The molecule has 1 fully saturated rings. The topological polar surface area (TPSA) is 43.7 Å². The lowest BCUT2D eigenvalue weighted by molar-refractivity contribution is 0.0697. The molecule has 1 aliphatic rings. The van der Waals surface area contributed by atoms with E-state index in [1.807, 2.05) is 0 Å². The first-order valence-corrected chi connectivity index (χ1v) is 6.99. The number of benzene rings is 1. The van der Waals surface area contributed by atoms with Gasteiger partial charge in [-0.25, -0.2) is 4.39 Å². The first-order valence-electron chi connectivity index (χ1n) is 6.99. The van der Waals surface area contributed by atoms with Crippen LogP contribution >= 0.6 is 0 Å². The van der Waals surface area contributed by atoms with E-state index < -0.39 is 6.10 Å². The summed E-state index contributed by atoms with van der Waals surface area (Å²) in [5, 5.41) is 19.4. The SMILES string of the molecule is OCC1CCCCN1CCC(O)c1ccc(F)cc1. The van der Waals surface area contributed by atoms with E-state index in [1.54, 1.807) is 12.1 Å². The molecular weight excluding hydrogens is 245 g/mol. The predicted molar refractivity (Wildman–Crippen MR) is 72.3 cm³/mol. The maximum absolute atomic E-state index is 12.8. The molecule has 1 heterocycles. The van der Waals surface area contributed by atoms with Crippen LogP contribution in [0.1, 0.15) is 37.4 Å². The van der Waals surface area contributed by atoms with Gasteiger partial charge in [0.25, 0.3) is 0 Å². The highest BCUT2D eigenvalue weighted by Gasteiger charge is 2.22. The molecule has 0 bridgehead atoms. The molecule has 106 valence electrons. The van der Waals surface area contributed by atoms with E-state index in [0.29, 0.717) is 6.42 Å². The molecule has 0 saturated carbocycles. The number of aliphatic hydroxyl groups is 2. The molecular formula is C15H22FNO2. The number of likely N-dealkylation sites (tertiary alicyclic amines) is 1. The van der Waals surface area contributed by atoms with Gasteiger partial charge in [0, 0.05) is 12.6 Å². The summed E-state index contributed by atoms with van der Waals surface area (Å²) < 4.78 is 12.8. The Kier molecular flexibility index (Phi) is 5.31. The smallest absolute Gasteiger partial charge is 0.123 e. The number of hydrogen-bond acceptors (Lipinski definition) is 3. The third kappa shape index (κ3) is 4.00. The van der Waals surface area contributed by atoms with E-state index in [-0.39, 0.29) is 18.5 Å². The van der Waals surface area contributed by atoms with Gasteiger partial charge in [0.15, 0.2) is 0 Å². The minimum atomic E-state index is -0.568. The average Bonchev–Trinajstić information content (AvgIpc) is 2.45. The maximum Gasteiger partial charge on any atom is 0.123 e. The highest BCUT2D eigenvalue weighted by atomic mass is 19.1. The highest BCUT2D eigenvalue weighted by Crippen LogP contribution is 2.21. The number of piperidine rings is 1. The van der Waals surface area contributed by atoms with Gasteiger partial charge in [-0.05, 0) is 43.5 Å². The molecule has 1 aliphatic heterocycles. The zero-order valence-electron chi connectivity index (χ0n) is 11.1. The van der Waals surface area contributed by atoms with Crippen molar-refractivity contribution in [1.29, 1.82) is 0 Å². The van der Waals surface area contributed by atoms with Gasteiger partial charge >= 0.3 is 0 Å². The van der Waals surface area contributed by atoms with E-state index in [0.717, 1.165) is 31.5 Å². The normalized spacial score (nSPS) is 22.4. The third-order valence-electron chi connectivity index (χ3n) is 3.90. The lowest BCUT2D eigenvalue weighted by atomic mass is 10.0. The second-order valence-electron chi connectivity index (χ2n) is 5.22. The molecule has 2 atom stereocenters. The van der Waals surface area contributed by atoms with Crippen LogP contribution in [0.4, 0.5) is 4.39 Å². The molecule has 0 aromatic heterocycles. The number of aliphatic hydroxyl groups excluding tert-OH is 2. The minimum absolute atomic E-state index is 0.187. The Morgan fingerprint density at radius 2 is 2.00 bits per heavy atom. The molecule has 0 radical (unpaired) electrons. The molecule has 3 nitrogen and oxygen atoms in total. The Morgan fingerprint density at radius 3 is 2.68 bits per heavy atom. The summed E-state index contributed by atoms with van der Waals surface area (Å²) >= 11 is 0. The molecule has 4 heteroatoms. The molecule has 1 aromatic carbocycles.